The van der Waals surface area contributed by atoms with Crippen molar-refractivity contribution in [2.24, 2.45) is 5.92 Å². The molecule has 1 aliphatic carbocycles. The maximum atomic E-state index is 5.62. The molecule has 0 aliphatic heterocycles. The highest BCUT2D eigenvalue weighted by molar-refractivity contribution is 9.10. The summed E-state index contributed by atoms with van der Waals surface area (Å²) in [6.45, 7) is 2.12. The van der Waals surface area contributed by atoms with Crippen molar-refractivity contribution in [1.29, 1.82) is 0 Å². The van der Waals surface area contributed by atoms with Crippen LogP contribution in [0.3, 0.4) is 0 Å². The minimum absolute atomic E-state index is 0.205. The van der Waals surface area contributed by atoms with Gasteiger partial charge in [-0.15, -0.1) is 0 Å². The van der Waals surface area contributed by atoms with Gasteiger partial charge in [-0.05, 0) is 53.7 Å². The normalized spacial score (nSPS) is 20.5. The SMILES string of the molecule is COC(C)(c1cccc(Br)n1)C1CC1. The van der Waals surface area contributed by atoms with Crippen LogP contribution >= 0.6 is 15.9 Å². The predicted molar refractivity (Wildman–Crippen MR) is 59.0 cm³/mol. The molecule has 0 radical (unpaired) electrons. The van der Waals surface area contributed by atoms with Gasteiger partial charge < -0.3 is 4.74 Å². The molecule has 1 atom stereocenters. The molecule has 0 saturated heterocycles. The van der Waals surface area contributed by atoms with Gasteiger partial charge in [0.15, 0.2) is 0 Å². The van der Waals surface area contributed by atoms with Gasteiger partial charge in [0.25, 0.3) is 0 Å². The van der Waals surface area contributed by atoms with E-state index in [0.29, 0.717) is 5.92 Å². The summed E-state index contributed by atoms with van der Waals surface area (Å²) in [6.07, 6.45) is 2.50. The van der Waals surface area contributed by atoms with Crippen molar-refractivity contribution in [2.75, 3.05) is 7.11 Å². The number of pyridine rings is 1. The Balaban J connectivity index is 2.35. The number of rotatable bonds is 3. The van der Waals surface area contributed by atoms with Crippen LogP contribution < -0.4 is 0 Å². The van der Waals surface area contributed by atoms with E-state index in [1.807, 2.05) is 18.2 Å². The first-order valence-corrected chi connectivity index (χ1v) is 5.64. The molecule has 1 aliphatic rings. The van der Waals surface area contributed by atoms with Crippen molar-refractivity contribution < 1.29 is 4.74 Å². The molecule has 76 valence electrons. The van der Waals surface area contributed by atoms with Crippen molar-refractivity contribution in [3.8, 4) is 0 Å². The number of nitrogens with zero attached hydrogens (tertiary/aromatic N) is 1. The lowest BCUT2D eigenvalue weighted by atomic mass is 9.95. The Kier molecular flexibility index (Phi) is 2.62. The number of halogens is 1. The van der Waals surface area contributed by atoms with Crippen LogP contribution in [-0.4, -0.2) is 12.1 Å². The van der Waals surface area contributed by atoms with E-state index in [1.165, 1.54) is 12.8 Å². The Morgan fingerprint density at radius 3 is 2.71 bits per heavy atom. The van der Waals surface area contributed by atoms with Gasteiger partial charge in [-0.3, -0.25) is 0 Å². The molecule has 1 aromatic rings. The monoisotopic (exact) mass is 255 g/mol. The molecule has 0 spiro atoms. The standard InChI is InChI=1S/C11H14BrNO/c1-11(14-2,8-6-7-8)9-4-3-5-10(12)13-9/h3-5,8H,6-7H2,1-2H3. The lowest BCUT2D eigenvalue weighted by Gasteiger charge is -2.27. The second-order valence-electron chi connectivity index (χ2n) is 3.93. The van der Waals surface area contributed by atoms with E-state index in [0.717, 1.165) is 10.3 Å². The predicted octanol–water partition coefficient (Wildman–Crippen LogP) is 3.12. The quantitative estimate of drug-likeness (QED) is 0.775. The van der Waals surface area contributed by atoms with Crippen molar-refractivity contribution >= 4 is 15.9 Å². The fourth-order valence-electron chi connectivity index (χ4n) is 1.80. The van der Waals surface area contributed by atoms with Crippen LogP contribution in [0, 0.1) is 5.92 Å². The summed E-state index contributed by atoms with van der Waals surface area (Å²) in [5.74, 6) is 0.634. The van der Waals surface area contributed by atoms with E-state index in [2.05, 4.69) is 27.8 Å². The number of hydrogen-bond acceptors (Lipinski definition) is 2. The molecular weight excluding hydrogens is 242 g/mol. The summed E-state index contributed by atoms with van der Waals surface area (Å²) in [7, 11) is 1.76. The molecule has 3 heteroatoms. The summed E-state index contributed by atoms with van der Waals surface area (Å²) in [5.41, 5.74) is 0.820. The second-order valence-corrected chi connectivity index (χ2v) is 4.74. The number of hydrogen-bond donors (Lipinski definition) is 0. The van der Waals surface area contributed by atoms with Crippen molar-refractivity contribution in [1.82, 2.24) is 4.98 Å². The molecule has 1 saturated carbocycles. The Morgan fingerprint density at radius 2 is 2.21 bits per heavy atom. The molecule has 2 rings (SSSR count). The second kappa shape index (κ2) is 3.63. The number of ether oxygens (including phenoxy) is 1. The van der Waals surface area contributed by atoms with Crippen LogP contribution in [0.1, 0.15) is 25.5 Å². The van der Waals surface area contributed by atoms with Gasteiger partial charge in [0, 0.05) is 7.11 Å². The first-order chi connectivity index (χ1) is 6.66. The fourth-order valence-corrected chi connectivity index (χ4v) is 2.14. The maximum Gasteiger partial charge on any atom is 0.110 e. The van der Waals surface area contributed by atoms with Crippen molar-refractivity contribution in [2.45, 2.75) is 25.4 Å². The zero-order valence-electron chi connectivity index (χ0n) is 8.46. The molecule has 1 fully saturated rings. The summed E-state index contributed by atoms with van der Waals surface area (Å²) < 4.78 is 6.49. The Morgan fingerprint density at radius 1 is 1.50 bits per heavy atom. The molecule has 1 aromatic heterocycles. The number of aromatic nitrogens is 1. The molecule has 2 nitrogen and oxygen atoms in total. The van der Waals surface area contributed by atoms with Crippen LogP contribution in [-0.2, 0) is 10.3 Å². The van der Waals surface area contributed by atoms with Gasteiger partial charge in [-0.1, -0.05) is 6.07 Å². The molecule has 0 amide bonds. The van der Waals surface area contributed by atoms with Crippen LogP contribution in [0.15, 0.2) is 22.8 Å². The third-order valence-electron chi connectivity index (χ3n) is 3.00. The smallest absolute Gasteiger partial charge is 0.110 e. The summed E-state index contributed by atoms with van der Waals surface area (Å²) in [4.78, 5) is 4.47. The fraction of sp³-hybridized carbons (Fsp3) is 0.545. The first kappa shape index (κ1) is 10.1. The Bertz CT molecular complexity index is 338. The van der Waals surface area contributed by atoms with Gasteiger partial charge in [0.1, 0.15) is 10.2 Å². The van der Waals surface area contributed by atoms with Gasteiger partial charge in [-0.2, -0.15) is 0 Å². The molecule has 1 unspecified atom stereocenters. The van der Waals surface area contributed by atoms with Crippen molar-refractivity contribution in [3.05, 3.63) is 28.5 Å². The number of methoxy groups -OCH3 is 1. The molecule has 1 heterocycles. The molecule has 0 bridgehead atoms. The molecule has 0 aromatic carbocycles. The van der Waals surface area contributed by atoms with Crippen LogP contribution in [0.25, 0.3) is 0 Å². The summed E-state index contributed by atoms with van der Waals surface area (Å²) in [5, 5.41) is 0. The van der Waals surface area contributed by atoms with Gasteiger partial charge in [-0.25, -0.2) is 4.98 Å². The van der Waals surface area contributed by atoms with E-state index in [4.69, 9.17) is 4.74 Å². The minimum atomic E-state index is -0.205. The minimum Gasteiger partial charge on any atom is -0.372 e. The zero-order valence-corrected chi connectivity index (χ0v) is 10.0. The molecule has 0 N–H and O–H groups in total. The van der Waals surface area contributed by atoms with E-state index in [-0.39, 0.29) is 5.60 Å². The van der Waals surface area contributed by atoms with Crippen LogP contribution in [0.5, 0.6) is 0 Å². The lowest BCUT2D eigenvalue weighted by Crippen LogP contribution is -2.28. The third kappa shape index (κ3) is 1.71. The topological polar surface area (TPSA) is 22.1 Å². The Labute approximate surface area is 92.8 Å². The van der Waals surface area contributed by atoms with E-state index in [1.54, 1.807) is 7.11 Å². The highest BCUT2D eigenvalue weighted by Crippen LogP contribution is 2.47. The molecular formula is C11H14BrNO. The average Bonchev–Trinajstić information content (AvgIpc) is 3.00. The van der Waals surface area contributed by atoms with Gasteiger partial charge >= 0.3 is 0 Å². The van der Waals surface area contributed by atoms with Crippen LogP contribution in [0.2, 0.25) is 0 Å². The lowest BCUT2D eigenvalue weighted by molar-refractivity contribution is -0.0217. The largest absolute Gasteiger partial charge is 0.372 e. The van der Waals surface area contributed by atoms with E-state index < -0.39 is 0 Å². The third-order valence-corrected chi connectivity index (χ3v) is 3.45. The summed E-state index contributed by atoms with van der Waals surface area (Å²) >= 11 is 3.39. The van der Waals surface area contributed by atoms with E-state index in [9.17, 15) is 0 Å². The van der Waals surface area contributed by atoms with E-state index >= 15 is 0 Å². The maximum absolute atomic E-state index is 5.62. The van der Waals surface area contributed by atoms with Crippen LogP contribution in [0.4, 0.5) is 0 Å². The highest BCUT2D eigenvalue weighted by atomic mass is 79.9. The zero-order chi connectivity index (χ0) is 10.2. The first-order valence-electron chi connectivity index (χ1n) is 4.85. The van der Waals surface area contributed by atoms with Gasteiger partial charge in [0.2, 0.25) is 0 Å². The van der Waals surface area contributed by atoms with Gasteiger partial charge in [0.05, 0.1) is 5.69 Å². The average molecular weight is 256 g/mol. The highest BCUT2D eigenvalue weighted by Gasteiger charge is 2.44. The summed E-state index contributed by atoms with van der Waals surface area (Å²) in [6, 6.07) is 5.98. The Hall–Kier alpha value is -0.410. The molecule has 14 heavy (non-hydrogen) atoms. The van der Waals surface area contributed by atoms with Crippen molar-refractivity contribution in [3.63, 3.8) is 0 Å².